The minimum atomic E-state index is -1.17. The van der Waals surface area contributed by atoms with E-state index in [2.05, 4.69) is 0 Å². The number of carbonyl (C=O) groups is 4. The van der Waals surface area contributed by atoms with Crippen molar-refractivity contribution in [2.75, 3.05) is 4.90 Å². The van der Waals surface area contributed by atoms with Crippen LogP contribution < -0.4 is 4.90 Å². The average molecular weight is 482 g/mol. The van der Waals surface area contributed by atoms with E-state index < -0.39 is 28.7 Å². The lowest BCUT2D eigenvalue weighted by atomic mass is 9.87. The number of carboxylic acids is 2. The number of carbonyl (C=O) groups excluding carboxylic acids is 2. The van der Waals surface area contributed by atoms with Gasteiger partial charge in [-0.1, -0.05) is 24.3 Å². The molecule has 5 rings (SSSR count). The number of nitrogens with zero attached hydrogens (tertiary/aromatic N) is 2. The van der Waals surface area contributed by atoms with E-state index in [-0.39, 0.29) is 44.6 Å². The van der Waals surface area contributed by atoms with E-state index in [9.17, 15) is 34.4 Å². The van der Waals surface area contributed by atoms with Gasteiger partial charge in [0.15, 0.2) is 0 Å². The highest BCUT2D eigenvalue weighted by atomic mass is 16.6. The zero-order valence-corrected chi connectivity index (χ0v) is 18.2. The molecule has 36 heavy (non-hydrogen) atoms. The standard InChI is InChI=1S/C26H14N2O8/c29-23-18-3-1-2-17-21(13-4-6-14(7-5-13)25(31)32)20(28(35)36)12-19(22(17)18)24(30)27(23)16-10-8-15(9-11-16)26(33)34/h1-12H,(H,31,32)(H,33,34). The van der Waals surface area contributed by atoms with Crippen LogP contribution in [-0.2, 0) is 0 Å². The third-order valence-corrected chi connectivity index (χ3v) is 6.00. The number of nitro benzene ring substituents is 1. The Morgan fingerprint density at radius 3 is 1.89 bits per heavy atom. The van der Waals surface area contributed by atoms with Crippen molar-refractivity contribution < 1.29 is 34.3 Å². The summed E-state index contributed by atoms with van der Waals surface area (Å²) in [6.45, 7) is 0. The fourth-order valence-electron chi connectivity index (χ4n) is 4.36. The molecule has 0 aliphatic carbocycles. The van der Waals surface area contributed by atoms with Crippen LogP contribution >= 0.6 is 0 Å². The van der Waals surface area contributed by atoms with Gasteiger partial charge in [-0.3, -0.25) is 19.7 Å². The van der Waals surface area contributed by atoms with Crippen molar-refractivity contribution in [2.24, 2.45) is 0 Å². The van der Waals surface area contributed by atoms with Crippen molar-refractivity contribution in [3.8, 4) is 11.1 Å². The lowest BCUT2D eigenvalue weighted by Crippen LogP contribution is -2.40. The number of amides is 2. The van der Waals surface area contributed by atoms with Gasteiger partial charge in [-0.25, -0.2) is 14.5 Å². The van der Waals surface area contributed by atoms with Crippen LogP contribution in [0.25, 0.3) is 21.9 Å². The van der Waals surface area contributed by atoms with Crippen molar-refractivity contribution in [2.45, 2.75) is 0 Å². The lowest BCUT2D eigenvalue weighted by Gasteiger charge is -2.28. The van der Waals surface area contributed by atoms with Gasteiger partial charge in [0.05, 0.1) is 32.9 Å². The Labute approximate surface area is 201 Å². The van der Waals surface area contributed by atoms with Crippen molar-refractivity contribution in [3.05, 3.63) is 105 Å². The number of rotatable bonds is 5. The van der Waals surface area contributed by atoms with Gasteiger partial charge >= 0.3 is 11.9 Å². The van der Waals surface area contributed by atoms with E-state index in [4.69, 9.17) is 5.11 Å². The fourth-order valence-corrected chi connectivity index (χ4v) is 4.36. The van der Waals surface area contributed by atoms with Crippen LogP contribution in [-0.4, -0.2) is 38.9 Å². The molecule has 0 fully saturated rings. The molecule has 4 aromatic rings. The van der Waals surface area contributed by atoms with Crippen molar-refractivity contribution in [1.29, 1.82) is 0 Å². The van der Waals surface area contributed by atoms with E-state index >= 15 is 0 Å². The van der Waals surface area contributed by atoms with Gasteiger partial charge in [-0.15, -0.1) is 0 Å². The molecule has 176 valence electrons. The first kappa shape index (κ1) is 22.4. The van der Waals surface area contributed by atoms with E-state index in [0.717, 1.165) is 11.0 Å². The monoisotopic (exact) mass is 482 g/mol. The Hall–Kier alpha value is -5.38. The summed E-state index contributed by atoms with van der Waals surface area (Å²) in [5.74, 6) is -3.78. The van der Waals surface area contributed by atoms with Crippen LogP contribution in [0.2, 0.25) is 0 Å². The molecule has 10 nitrogen and oxygen atoms in total. The number of hydrogen-bond acceptors (Lipinski definition) is 6. The molecule has 1 heterocycles. The predicted molar refractivity (Wildman–Crippen MR) is 128 cm³/mol. The molecule has 0 unspecified atom stereocenters. The van der Waals surface area contributed by atoms with Crippen molar-refractivity contribution in [1.82, 2.24) is 0 Å². The van der Waals surface area contributed by atoms with Crippen LogP contribution in [0.1, 0.15) is 41.4 Å². The molecule has 0 bridgehead atoms. The Balaban J connectivity index is 1.75. The summed E-state index contributed by atoms with van der Waals surface area (Å²) >= 11 is 0. The van der Waals surface area contributed by atoms with Gasteiger partial charge in [0.2, 0.25) is 0 Å². The molecule has 0 aromatic heterocycles. The number of hydrogen-bond donors (Lipinski definition) is 2. The third kappa shape index (κ3) is 3.36. The number of benzene rings is 4. The van der Waals surface area contributed by atoms with Gasteiger partial charge in [0, 0.05) is 17.0 Å². The zero-order valence-electron chi connectivity index (χ0n) is 18.2. The molecule has 0 spiro atoms. The molecule has 2 amide bonds. The number of carboxylic acid groups (broad SMARTS) is 2. The molecule has 0 radical (unpaired) electrons. The molecule has 1 aliphatic rings. The molecular weight excluding hydrogens is 468 g/mol. The Morgan fingerprint density at radius 2 is 1.33 bits per heavy atom. The van der Waals surface area contributed by atoms with Crippen LogP contribution in [0.15, 0.2) is 72.8 Å². The summed E-state index contributed by atoms with van der Waals surface area (Å²) in [4.78, 5) is 61.6. The first-order valence-corrected chi connectivity index (χ1v) is 10.5. The Kier molecular flexibility index (Phi) is 5.06. The summed E-state index contributed by atoms with van der Waals surface area (Å²) in [5.41, 5.74) is 0.281. The number of aromatic carboxylic acids is 2. The zero-order chi connectivity index (χ0) is 25.7. The van der Waals surface area contributed by atoms with Gasteiger partial charge in [-0.05, 0) is 53.4 Å². The largest absolute Gasteiger partial charge is 0.478 e. The van der Waals surface area contributed by atoms with Crippen LogP contribution in [0.3, 0.4) is 0 Å². The summed E-state index contributed by atoms with van der Waals surface area (Å²) in [6.07, 6.45) is 0. The summed E-state index contributed by atoms with van der Waals surface area (Å²) in [7, 11) is 0. The Morgan fingerprint density at radius 1 is 0.778 bits per heavy atom. The second-order valence-electron chi connectivity index (χ2n) is 7.98. The van der Waals surface area contributed by atoms with Crippen molar-refractivity contribution in [3.63, 3.8) is 0 Å². The maximum absolute atomic E-state index is 13.5. The van der Waals surface area contributed by atoms with Crippen LogP contribution in [0.5, 0.6) is 0 Å². The molecule has 1 aliphatic heterocycles. The van der Waals surface area contributed by atoms with E-state index in [1.165, 1.54) is 54.6 Å². The van der Waals surface area contributed by atoms with E-state index in [0.29, 0.717) is 10.9 Å². The van der Waals surface area contributed by atoms with Gasteiger partial charge in [0.25, 0.3) is 17.5 Å². The maximum atomic E-state index is 13.5. The second kappa shape index (κ2) is 8.13. The highest BCUT2D eigenvalue weighted by Crippen LogP contribution is 2.43. The molecular formula is C26H14N2O8. The molecule has 4 aromatic carbocycles. The highest BCUT2D eigenvalue weighted by molar-refractivity contribution is 6.37. The minimum absolute atomic E-state index is 0.000881. The lowest BCUT2D eigenvalue weighted by molar-refractivity contribution is -0.384. The third-order valence-electron chi connectivity index (χ3n) is 6.00. The molecule has 0 atom stereocenters. The summed E-state index contributed by atoms with van der Waals surface area (Å²) in [6, 6.07) is 16.4. The van der Waals surface area contributed by atoms with E-state index in [1.807, 2.05) is 0 Å². The second-order valence-corrected chi connectivity index (χ2v) is 7.98. The number of nitro groups is 1. The van der Waals surface area contributed by atoms with E-state index in [1.54, 1.807) is 12.1 Å². The molecule has 10 heteroatoms. The normalized spacial score (nSPS) is 12.6. The topological polar surface area (TPSA) is 155 Å². The van der Waals surface area contributed by atoms with Crippen molar-refractivity contribution >= 4 is 45.9 Å². The quantitative estimate of drug-likeness (QED) is 0.237. The van der Waals surface area contributed by atoms with Gasteiger partial charge in [-0.2, -0.15) is 0 Å². The van der Waals surface area contributed by atoms with Crippen LogP contribution in [0, 0.1) is 10.1 Å². The average Bonchev–Trinajstić information content (AvgIpc) is 2.87. The molecule has 2 N–H and O–H groups in total. The Bertz CT molecular complexity index is 1640. The first-order valence-electron chi connectivity index (χ1n) is 10.5. The first-order chi connectivity index (χ1) is 17.2. The molecule has 0 saturated carbocycles. The summed E-state index contributed by atoms with van der Waals surface area (Å²) < 4.78 is 0. The minimum Gasteiger partial charge on any atom is -0.478 e. The maximum Gasteiger partial charge on any atom is 0.335 e. The smallest absolute Gasteiger partial charge is 0.335 e. The predicted octanol–water partition coefficient (Wildman–Crippen LogP) is 4.61. The number of anilines is 1. The highest BCUT2D eigenvalue weighted by Gasteiger charge is 2.37. The van der Waals surface area contributed by atoms with Gasteiger partial charge in [0.1, 0.15) is 0 Å². The van der Waals surface area contributed by atoms with Crippen LogP contribution in [0.4, 0.5) is 11.4 Å². The summed E-state index contributed by atoms with van der Waals surface area (Å²) in [5, 5.41) is 30.9. The SMILES string of the molecule is O=C(O)c1ccc(-c2c([N+](=O)[O-])cc3c4c(cccc24)C(=O)N(c2ccc(C(=O)O)cc2)C3=O)cc1. The molecule has 0 saturated heterocycles. The fraction of sp³-hybridized carbons (Fsp3) is 0. The number of imide groups is 1. The van der Waals surface area contributed by atoms with Gasteiger partial charge < -0.3 is 10.2 Å².